The van der Waals surface area contributed by atoms with Gasteiger partial charge in [0.05, 0.1) is 5.69 Å². The zero-order valence-corrected chi connectivity index (χ0v) is 7.38. The molecule has 1 aromatic carbocycles. The zero-order valence-electron chi connectivity index (χ0n) is 7.38. The quantitative estimate of drug-likeness (QED) is 0.641. The lowest BCUT2D eigenvalue weighted by Crippen LogP contribution is -2.01. The van der Waals surface area contributed by atoms with Gasteiger partial charge >= 0.3 is 0 Å². The van der Waals surface area contributed by atoms with Gasteiger partial charge in [-0.3, -0.25) is 0 Å². The lowest BCUT2D eigenvalue weighted by Gasteiger charge is -1.99. The molecule has 2 aromatic rings. The van der Waals surface area contributed by atoms with Crippen LogP contribution >= 0.6 is 0 Å². The van der Waals surface area contributed by atoms with Crippen LogP contribution in [0.25, 0.3) is 5.69 Å². The molecule has 0 unspecified atom stereocenters. The lowest BCUT2D eigenvalue weighted by molar-refractivity contribution is 0.824. The van der Waals surface area contributed by atoms with Gasteiger partial charge < -0.3 is 16.9 Å². The minimum absolute atomic E-state index is 0. The third-order valence-corrected chi connectivity index (χ3v) is 1.65. The second kappa shape index (κ2) is 3.75. The van der Waals surface area contributed by atoms with Crippen molar-refractivity contribution >= 4 is 11.9 Å². The Morgan fingerprint density at radius 2 is 1.71 bits per heavy atom. The number of rotatable bonds is 1. The molecular weight excluding hydrogens is 182 g/mol. The van der Waals surface area contributed by atoms with Crippen LogP contribution in [0.15, 0.2) is 30.3 Å². The summed E-state index contributed by atoms with van der Waals surface area (Å²) in [6.45, 7) is 0. The number of nitrogens with two attached hydrogens (primary N) is 2. The van der Waals surface area contributed by atoms with E-state index in [1.807, 2.05) is 30.3 Å². The van der Waals surface area contributed by atoms with Gasteiger partial charge in [-0.1, -0.05) is 18.2 Å². The van der Waals surface area contributed by atoms with Gasteiger partial charge in [0.1, 0.15) is 0 Å². The number of hydrogen-bond acceptors (Lipinski definition) is 4. The van der Waals surface area contributed by atoms with Crippen LogP contribution in [0.1, 0.15) is 0 Å². The van der Waals surface area contributed by atoms with Crippen molar-refractivity contribution in [1.29, 1.82) is 0 Å². The monoisotopic (exact) mass is 193 g/mol. The molecule has 0 aliphatic heterocycles. The fraction of sp³-hybridized carbons (Fsp3) is 0. The number of aromatic nitrogens is 3. The summed E-state index contributed by atoms with van der Waals surface area (Å²) in [5.74, 6) is 0.477. The Kier molecular flexibility index (Phi) is 2.68. The Hall–Kier alpha value is -2.08. The first kappa shape index (κ1) is 10.0. The fourth-order valence-electron chi connectivity index (χ4n) is 1.10. The van der Waals surface area contributed by atoms with Crippen LogP contribution in [-0.4, -0.2) is 20.2 Å². The number of para-hydroxylation sites is 1. The summed E-state index contributed by atoms with van der Waals surface area (Å²) in [6, 6.07) is 9.47. The molecule has 0 saturated carbocycles. The topological polar surface area (TPSA) is 114 Å². The standard InChI is InChI=1S/C8H9N5.H2O/c9-7-11-8(10)13(12-7)6-4-2-1-3-5-6;/h1-5H,(H4,9,10,11,12);1H2. The molecule has 0 aliphatic rings. The molecule has 0 atom stereocenters. The van der Waals surface area contributed by atoms with E-state index in [-0.39, 0.29) is 11.4 Å². The van der Waals surface area contributed by atoms with Crippen LogP contribution in [0.4, 0.5) is 11.9 Å². The molecule has 2 rings (SSSR count). The van der Waals surface area contributed by atoms with Crippen LogP contribution in [0.3, 0.4) is 0 Å². The summed E-state index contributed by atoms with van der Waals surface area (Å²) in [7, 11) is 0. The minimum atomic E-state index is 0. The summed E-state index contributed by atoms with van der Waals surface area (Å²) in [5, 5.41) is 3.94. The summed E-state index contributed by atoms with van der Waals surface area (Å²) < 4.78 is 1.50. The highest BCUT2D eigenvalue weighted by molar-refractivity contribution is 5.39. The Morgan fingerprint density at radius 3 is 2.21 bits per heavy atom. The maximum absolute atomic E-state index is 5.58. The van der Waals surface area contributed by atoms with Crippen molar-refractivity contribution in [3.05, 3.63) is 30.3 Å². The van der Waals surface area contributed by atoms with Gasteiger partial charge in [0.2, 0.25) is 11.9 Å². The van der Waals surface area contributed by atoms with Crippen molar-refractivity contribution in [3.63, 3.8) is 0 Å². The Bertz CT molecular complexity index is 411. The molecule has 6 N–H and O–H groups in total. The molecule has 0 radical (unpaired) electrons. The highest BCUT2D eigenvalue weighted by Crippen LogP contribution is 2.10. The van der Waals surface area contributed by atoms with Gasteiger partial charge in [-0.15, -0.1) is 5.10 Å². The lowest BCUT2D eigenvalue weighted by atomic mass is 10.3. The average molecular weight is 193 g/mol. The second-order valence-corrected chi connectivity index (χ2v) is 2.58. The van der Waals surface area contributed by atoms with E-state index in [0.717, 1.165) is 5.69 Å². The van der Waals surface area contributed by atoms with Crippen molar-refractivity contribution in [2.75, 3.05) is 11.5 Å². The van der Waals surface area contributed by atoms with E-state index in [1.54, 1.807) is 0 Å². The highest BCUT2D eigenvalue weighted by atomic mass is 16.0. The molecule has 0 aliphatic carbocycles. The third-order valence-electron chi connectivity index (χ3n) is 1.65. The van der Waals surface area contributed by atoms with Gasteiger partial charge in [-0.2, -0.15) is 9.67 Å². The van der Waals surface area contributed by atoms with E-state index in [4.69, 9.17) is 11.5 Å². The molecule has 6 heteroatoms. The van der Waals surface area contributed by atoms with Gasteiger partial charge in [0.25, 0.3) is 0 Å². The van der Waals surface area contributed by atoms with Crippen molar-refractivity contribution in [1.82, 2.24) is 14.8 Å². The van der Waals surface area contributed by atoms with Gasteiger partial charge in [0, 0.05) is 0 Å². The molecular formula is C8H11N5O. The molecule has 74 valence electrons. The largest absolute Gasteiger partial charge is 0.412 e. The normalized spacial score (nSPS) is 9.43. The van der Waals surface area contributed by atoms with E-state index in [1.165, 1.54) is 4.68 Å². The van der Waals surface area contributed by atoms with Crippen molar-refractivity contribution in [3.8, 4) is 5.69 Å². The minimum Gasteiger partial charge on any atom is -0.412 e. The van der Waals surface area contributed by atoms with E-state index in [9.17, 15) is 0 Å². The van der Waals surface area contributed by atoms with E-state index in [0.29, 0.717) is 5.95 Å². The summed E-state index contributed by atoms with van der Waals surface area (Å²) in [6.07, 6.45) is 0. The first-order valence-corrected chi connectivity index (χ1v) is 3.81. The first-order chi connectivity index (χ1) is 6.27. The molecule has 0 fully saturated rings. The maximum atomic E-state index is 5.58. The van der Waals surface area contributed by atoms with Crippen LogP contribution in [0.5, 0.6) is 0 Å². The molecule has 1 aromatic heterocycles. The van der Waals surface area contributed by atoms with Crippen LogP contribution in [0, 0.1) is 0 Å². The Labute approximate surface area is 80.5 Å². The molecule has 6 nitrogen and oxygen atoms in total. The van der Waals surface area contributed by atoms with E-state index in [2.05, 4.69) is 10.1 Å². The van der Waals surface area contributed by atoms with Crippen molar-refractivity contribution in [2.45, 2.75) is 0 Å². The fourth-order valence-corrected chi connectivity index (χ4v) is 1.10. The predicted molar refractivity (Wildman–Crippen MR) is 53.8 cm³/mol. The highest BCUT2D eigenvalue weighted by Gasteiger charge is 2.04. The van der Waals surface area contributed by atoms with E-state index < -0.39 is 0 Å². The van der Waals surface area contributed by atoms with Crippen molar-refractivity contribution < 1.29 is 5.48 Å². The molecule has 0 saturated heterocycles. The smallest absolute Gasteiger partial charge is 0.241 e. The molecule has 0 amide bonds. The number of hydrogen-bond donors (Lipinski definition) is 2. The maximum Gasteiger partial charge on any atom is 0.241 e. The molecule has 14 heavy (non-hydrogen) atoms. The van der Waals surface area contributed by atoms with Gasteiger partial charge in [-0.25, -0.2) is 0 Å². The van der Waals surface area contributed by atoms with Crippen LogP contribution in [-0.2, 0) is 0 Å². The Balaban J connectivity index is 0.000000980. The second-order valence-electron chi connectivity index (χ2n) is 2.58. The number of nitrogens with zero attached hydrogens (tertiary/aromatic N) is 3. The number of nitrogen functional groups attached to an aromatic ring is 2. The van der Waals surface area contributed by atoms with Crippen molar-refractivity contribution in [2.24, 2.45) is 0 Å². The number of benzene rings is 1. The summed E-state index contributed by atoms with van der Waals surface area (Å²) >= 11 is 0. The van der Waals surface area contributed by atoms with E-state index >= 15 is 0 Å². The van der Waals surface area contributed by atoms with Crippen LogP contribution < -0.4 is 11.5 Å². The van der Waals surface area contributed by atoms with Gasteiger partial charge in [-0.05, 0) is 12.1 Å². The molecule has 0 spiro atoms. The molecule has 1 heterocycles. The summed E-state index contributed by atoms with van der Waals surface area (Å²) in [4.78, 5) is 3.79. The van der Waals surface area contributed by atoms with Gasteiger partial charge in [0.15, 0.2) is 0 Å². The summed E-state index contributed by atoms with van der Waals surface area (Å²) in [5.41, 5.74) is 11.8. The Morgan fingerprint density at radius 1 is 1.07 bits per heavy atom. The SMILES string of the molecule is Nc1nc(N)n(-c2ccccc2)n1.O. The first-order valence-electron chi connectivity index (χ1n) is 3.81. The zero-order chi connectivity index (χ0) is 9.26. The van der Waals surface area contributed by atoms with Crippen LogP contribution in [0.2, 0.25) is 0 Å². The third kappa shape index (κ3) is 1.64. The predicted octanol–water partition coefficient (Wildman–Crippen LogP) is -0.393. The number of anilines is 2. The molecule has 0 bridgehead atoms. The average Bonchev–Trinajstić information content (AvgIpc) is 2.47.